The van der Waals surface area contributed by atoms with Crippen molar-refractivity contribution >= 4 is 5.91 Å². The Morgan fingerprint density at radius 2 is 1.93 bits per heavy atom. The largest absolute Gasteiger partial charge is 0.378 e. The molecule has 4 rings (SSSR count). The van der Waals surface area contributed by atoms with Gasteiger partial charge >= 0.3 is 0 Å². The molecule has 2 aliphatic rings. The first-order valence-corrected chi connectivity index (χ1v) is 9.50. The number of carbonyl (C=O) groups is 1. The molecule has 0 radical (unpaired) electrons. The van der Waals surface area contributed by atoms with E-state index in [2.05, 4.69) is 20.2 Å². The second-order valence-corrected chi connectivity index (χ2v) is 7.12. The van der Waals surface area contributed by atoms with Crippen molar-refractivity contribution in [1.82, 2.24) is 20.2 Å². The van der Waals surface area contributed by atoms with E-state index in [1.54, 1.807) is 0 Å². The highest BCUT2D eigenvalue weighted by Crippen LogP contribution is 2.19. The monoisotopic (exact) mass is 368 g/mol. The fourth-order valence-corrected chi connectivity index (χ4v) is 3.84. The summed E-state index contributed by atoms with van der Waals surface area (Å²) >= 11 is 0. The molecule has 27 heavy (non-hydrogen) atoms. The van der Waals surface area contributed by atoms with Crippen LogP contribution in [-0.2, 0) is 4.74 Å². The molecule has 0 unspecified atom stereocenters. The zero-order valence-corrected chi connectivity index (χ0v) is 15.2. The maximum absolute atomic E-state index is 12.7. The molecule has 1 aromatic heterocycles. The summed E-state index contributed by atoms with van der Waals surface area (Å²) in [5.41, 5.74) is 0.393. The number of hydrogen-bond donors (Lipinski definition) is 2. The van der Waals surface area contributed by atoms with Crippen molar-refractivity contribution in [2.75, 3.05) is 26.3 Å². The van der Waals surface area contributed by atoms with Crippen LogP contribution in [0.3, 0.4) is 0 Å². The zero-order chi connectivity index (χ0) is 18.6. The minimum atomic E-state index is -0.435. The third kappa shape index (κ3) is 3.94. The molecule has 0 bridgehead atoms. The van der Waals surface area contributed by atoms with Gasteiger partial charge in [-0.05, 0) is 25.9 Å². The molecule has 0 saturated carbocycles. The first kappa shape index (κ1) is 17.9. The van der Waals surface area contributed by atoms with Gasteiger partial charge in [0.05, 0.1) is 25.3 Å². The minimum absolute atomic E-state index is 0.0268. The molecular weight excluding hydrogens is 344 g/mol. The number of likely N-dealkylation sites (tertiary alicyclic amines) is 1. The van der Waals surface area contributed by atoms with Crippen LogP contribution in [0.15, 0.2) is 41.3 Å². The normalized spacial score (nSPS) is 23.3. The molecule has 7 nitrogen and oxygen atoms in total. The number of nitrogens with zero attached hydrogens (tertiary/aromatic N) is 2. The van der Waals surface area contributed by atoms with Gasteiger partial charge in [-0.2, -0.15) is 0 Å². The average molecular weight is 368 g/mol. The third-order valence-electron chi connectivity index (χ3n) is 5.32. The molecule has 1 amide bonds. The van der Waals surface area contributed by atoms with Crippen LogP contribution in [0.4, 0.5) is 0 Å². The minimum Gasteiger partial charge on any atom is -0.378 e. The van der Waals surface area contributed by atoms with Gasteiger partial charge in [0.2, 0.25) is 0 Å². The summed E-state index contributed by atoms with van der Waals surface area (Å²) < 4.78 is 5.61. The topological polar surface area (TPSA) is 87.3 Å². The second-order valence-electron chi connectivity index (χ2n) is 7.12. The zero-order valence-electron chi connectivity index (χ0n) is 15.2. The lowest BCUT2D eigenvalue weighted by Crippen LogP contribution is -2.53. The predicted octanol–water partition coefficient (Wildman–Crippen LogP) is 1.42. The maximum atomic E-state index is 12.7. The van der Waals surface area contributed by atoms with Gasteiger partial charge in [0.15, 0.2) is 0 Å². The van der Waals surface area contributed by atoms with Gasteiger partial charge in [0, 0.05) is 11.8 Å². The summed E-state index contributed by atoms with van der Waals surface area (Å²) in [4.78, 5) is 34.4. The molecule has 2 aromatic rings. The molecule has 2 aliphatic heterocycles. The lowest BCUT2D eigenvalue weighted by atomic mass is 10.0. The Morgan fingerprint density at radius 1 is 1.15 bits per heavy atom. The Kier molecular flexibility index (Phi) is 5.31. The second kappa shape index (κ2) is 8.02. The fraction of sp³-hybridized carbons (Fsp3) is 0.450. The predicted molar refractivity (Wildman–Crippen MR) is 102 cm³/mol. The molecule has 0 aliphatic carbocycles. The molecule has 3 heterocycles. The van der Waals surface area contributed by atoms with Crippen molar-refractivity contribution in [3.63, 3.8) is 0 Å². The van der Waals surface area contributed by atoms with E-state index in [0.717, 1.165) is 18.7 Å². The molecule has 2 saturated heterocycles. The highest BCUT2D eigenvalue weighted by Gasteiger charge is 2.35. The maximum Gasteiger partial charge on any atom is 0.264 e. The van der Waals surface area contributed by atoms with Crippen LogP contribution in [0.25, 0.3) is 11.4 Å². The van der Waals surface area contributed by atoms with Crippen molar-refractivity contribution in [2.24, 2.45) is 0 Å². The number of rotatable bonds is 4. The van der Waals surface area contributed by atoms with Crippen LogP contribution >= 0.6 is 0 Å². The number of piperidine rings is 1. The number of hydrogen-bond acceptors (Lipinski definition) is 5. The number of aromatic amines is 1. The van der Waals surface area contributed by atoms with Crippen LogP contribution in [0, 0.1) is 0 Å². The van der Waals surface area contributed by atoms with Crippen molar-refractivity contribution in [2.45, 2.75) is 31.3 Å². The highest BCUT2D eigenvalue weighted by molar-refractivity contribution is 5.93. The summed E-state index contributed by atoms with van der Waals surface area (Å²) in [6, 6.07) is 9.42. The Morgan fingerprint density at radius 3 is 2.67 bits per heavy atom. The summed E-state index contributed by atoms with van der Waals surface area (Å²) in [6.45, 7) is 3.16. The number of nitrogens with one attached hydrogen (secondary N) is 2. The summed E-state index contributed by atoms with van der Waals surface area (Å²) in [6.07, 6.45) is 4.97. The standard InChI is InChI=1S/C20H24N4O3/c25-19(22-16-12-27-13-17(16)24-9-5-2-6-10-24)15-11-21-18(23-20(15)26)14-7-3-1-4-8-14/h1,3-4,7-8,11,16-17H,2,5-6,9-10,12-13H2,(H,22,25)(H,21,23,26)/t16-,17-/m1/s1. The van der Waals surface area contributed by atoms with Crippen molar-refractivity contribution < 1.29 is 9.53 Å². The summed E-state index contributed by atoms with van der Waals surface area (Å²) in [5, 5.41) is 2.98. The van der Waals surface area contributed by atoms with Crippen molar-refractivity contribution in [3.05, 3.63) is 52.4 Å². The number of ether oxygens (including phenoxy) is 1. The fourth-order valence-electron chi connectivity index (χ4n) is 3.84. The van der Waals surface area contributed by atoms with E-state index in [1.807, 2.05) is 30.3 Å². The first-order valence-electron chi connectivity index (χ1n) is 9.50. The SMILES string of the molecule is O=C(N[C@@H]1COC[C@H]1N1CCCCC1)c1cnc(-c2ccccc2)[nH]c1=O. The summed E-state index contributed by atoms with van der Waals surface area (Å²) in [5.74, 6) is 0.0495. The van der Waals surface area contributed by atoms with Gasteiger partial charge in [-0.3, -0.25) is 14.5 Å². The van der Waals surface area contributed by atoms with Crippen molar-refractivity contribution in [1.29, 1.82) is 0 Å². The Balaban J connectivity index is 1.47. The molecule has 0 spiro atoms. The van der Waals surface area contributed by atoms with E-state index in [-0.39, 0.29) is 17.6 Å². The Bertz CT molecular complexity index is 846. The first-order chi connectivity index (χ1) is 13.2. The number of H-pyrrole nitrogens is 1. The number of amides is 1. The molecular formula is C20H24N4O3. The van der Waals surface area contributed by atoms with Crippen LogP contribution in [0.5, 0.6) is 0 Å². The molecule has 2 N–H and O–H groups in total. The summed E-state index contributed by atoms with van der Waals surface area (Å²) in [7, 11) is 0. The molecule has 7 heteroatoms. The lowest BCUT2D eigenvalue weighted by Gasteiger charge is -2.34. The van der Waals surface area contributed by atoms with Gasteiger partial charge in [0.25, 0.3) is 11.5 Å². The van der Waals surface area contributed by atoms with E-state index in [0.29, 0.717) is 19.0 Å². The van der Waals surface area contributed by atoms with Gasteiger partial charge < -0.3 is 15.0 Å². The highest BCUT2D eigenvalue weighted by atomic mass is 16.5. The van der Waals surface area contributed by atoms with E-state index in [4.69, 9.17) is 4.74 Å². The van der Waals surface area contributed by atoms with Gasteiger partial charge in [0.1, 0.15) is 11.4 Å². The quantitative estimate of drug-likeness (QED) is 0.852. The van der Waals surface area contributed by atoms with E-state index in [9.17, 15) is 9.59 Å². The van der Waals surface area contributed by atoms with Gasteiger partial charge in [-0.1, -0.05) is 36.8 Å². The van der Waals surface area contributed by atoms with Crippen molar-refractivity contribution in [3.8, 4) is 11.4 Å². The van der Waals surface area contributed by atoms with E-state index in [1.165, 1.54) is 25.5 Å². The van der Waals surface area contributed by atoms with Crippen LogP contribution < -0.4 is 10.9 Å². The molecule has 2 fully saturated rings. The van der Waals surface area contributed by atoms with Gasteiger partial charge in [-0.15, -0.1) is 0 Å². The number of benzene rings is 1. The number of aromatic nitrogens is 2. The Labute approximate surface area is 157 Å². The molecule has 2 atom stereocenters. The van der Waals surface area contributed by atoms with Crippen LogP contribution in [-0.4, -0.2) is 59.2 Å². The smallest absolute Gasteiger partial charge is 0.264 e. The van der Waals surface area contributed by atoms with Crippen LogP contribution in [0.1, 0.15) is 29.6 Å². The third-order valence-corrected chi connectivity index (χ3v) is 5.32. The van der Waals surface area contributed by atoms with E-state index < -0.39 is 11.5 Å². The molecule has 142 valence electrons. The number of carbonyl (C=O) groups excluding carboxylic acids is 1. The average Bonchev–Trinajstić information content (AvgIpc) is 3.17. The van der Waals surface area contributed by atoms with E-state index >= 15 is 0 Å². The van der Waals surface area contributed by atoms with Gasteiger partial charge in [-0.25, -0.2) is 4.98 Å². The van der Waals surface area contributed by atoms with Crippen LogP contribution in [0.2, 0.25) is 0 Å². The molecule has 1 aromatic carbocycles. The lowest BCUT2D eigenvalue weighted by molar-refractivity contribution is 0.0898. The Hall–Kier alpha value is -2.51.